The average molecular weight is 991 g/mol. The monoisotopic (exact) mass is 991 g/mol. The minimum atomic E-state index is -0.417. The first kappa shape index (κ1) is 42.0. The van der Waals surface area contributed by atoms with Crippen LogP contribution >= 0.6 is 0 Å². The van der Waals surface area contributed by atoms with Crippen LogP contribution in [0.15, 0.2) is 166 Å². The molecule has 4 heterocycles. The Hall–Kier alpha value is -6.73. The van der Waals surface area contributed by atoms with Crippen LogP contribution in [0.4, 0.5) is 0 Å². The van der Waals surface area contributed by atoms with Gasteiger partial charge < -0.3 is 13.9 Å². The van der Waals surface area contributed by atoms with Gasteiger partial charge in [-0.2, -0.15) is 0 Å². The maximum Gasteiger partial charge on any atom is 0.164 e. The Bertz CT molecular complexity index is 3200. The van der Waals surface area contributed by atoms with E-state index < -0.39 is 5.41 Å². The number of pyridine rings is 1. The zero-order chi connectivity index (χ0) is 42.5. The first-order chi connectivity index (χ1) is 29.3. The summed E-state index contributed by atoms with van der Waals surface area (Å²) in [6.45, 7) is 11.1. The molecule has 309 valence electrons. The van der Waals surface area contributed by atoms with E-state index in [-0.39, 0.29) is 37.1 Å². The standard InChI is InChI=1S/C43H24N3O2.C11H20O2.Ir/c1-4-19-35-26(10-1)22-23-36(44-35)27-11-7-12-28(24-27)43-45-37(33-17-8-15-31-29-13-2-5-20-39(29)47-41(31)33)25-38(46-43)34-18-9-16-32-30-14-3-6-21-40(30)48-42(32)34;1-10(2,3)8(12)7-9(13)11(4,5)6;/h1-10,12-25H;7,12H,1-6H3;/q-1;;. The number of allylic oxidation sites excluding steroid dienone is 2. The van der Waals surface area contributed by atoms with Gasteiger partial charge >= 0.3 is 0 Å². The molecule has 6 aromatic carbocycles. The molecule has 0 saturated heterocycles. The second-order valence-electron chi connectivity index (χ2n) is 17.3. The van der Waals surface area contributed by atoms with E-state index in [0.717, 1.165) is 94.1 Å². The van der Waals surface area contributed by atoms with E-state index in [1.807, 2.05) is 120 Å². The largest absolute Gasteiger partial charge is 0.512 e. The summed E-state index contributed by atoms with van der Waals surface area (Å²) in [4.78, 5) is 26.8. The molecular formula is C54H44IrN3O4-. The molecule has 0 aliphatic rings. The van der Waals surface area contributed by atoms with Gasteiger partial charge in [-0.25, -0.2) is 9.97 Å². The maximum absolute atomic E-state index is 11.5. The van der Waals surface area contributed by atoms with Crippen molar-refractivity contribution >= 4 is 60.6 Å². The molecule has 62 heavy (non-hydrogen) atoms. The number of ketones is 1. The fraction of sp³-hybridized carbons (Fsp3) is 0.148. The van der Waals surface area contributed by atoms with Crippen LogP contribution in [-0.2, 0) is 24.9 Å². The number of aromatic nitrogens is 3. The Morgan fingerprint density at radius 3 is 1.71 bits per heavy atom. The molecule has 7 nitrogen and oxygen atoms in total. The molecule has 10 aromatic rings. The van der Waals surface area contributed by atoms with Crippen molar-refractivity contribution in [2.45, 2.75) is 41.5 Å². The van der Waals surface area contributed by atoms with Crippen LogP contribution in [-0.4, -0.2) is 25.8 Å². The summed E-state index contributed by atoms with van der Waals surface area (Å²) in [5, 5.41) is 14.9. The van der Waals surface area contributed by atoms with Crippen molar-refractivity contribution in [1.29, 1.82) is 0 Å². The zero-order valence-electron chi connectivity index (χ0n) is 35.3. The fourth-order valence-corrected chi connectivity index (χ4v) is 7.28. The molecule has 1 radical (unpaired) electrons. The van der Waals surface area contributed by atoms with Gasteiger partial charge in [0.15, 0.2) is 5.78 Å². The number of rotatable bonds is 5. The van der Waals surface area contributed by atoms with Gasteiger partial charge in [0.2, 0.25) is 0 Å². The third-order valence-electron chi connectivity index (χ3n) is 10.8. The number of nitrogens with zero attached hydrogens (tertiary/aromatic N) is 3. The van der Waals surface area contributed by atoms with Crippen LogP contribution in [0.5, 0.6) is 0 Å². The SMILES string of the molecule is CC(C)(C)C(=O)C=C(O)C(C)(C)C.[Ir].[c-]1ccc(-c2nc(-c3cccc4c3oc3ccccc34)cc(-c3cccc4c3oc3ccccc34)n2)cc1-c1ccc2ccccc2n1. The molecule has 0 fully saturated rings. The van der Waals surface area contributed by atoms with Crippen LogP contribution < -0.4 is 0 Å². The van der Waals surface area contributed by atoms with Gasteiger partial charge in [-0.1, -0.05) is 138 Å². The number of aliphatic hydroxyl groups is 1. The van der Waals surface area contributed by atoms with E-state index in [2.05, 4.69) is 72.8 Å². The van der Waals surface area contributed by atoms with Crippen molar-refractivity contribution in [1.82, 2.24) is 15.0 Å². The summed E-state index contributed by atoms with van der Waals surface area (Å²) in [7, 11) is 0. The van der Waals surface area contributed by atoms with Crippen molar-refractivity contribution in [2.24, 2.45) is 10.8 Å². The Balaban J connectivity index is 0.000000331. The number of carbonyl (C=O) groups excluding carboxylic acids is 1. The van der Waals surface area contributed by atoms with Crippen molar-refractivity contribution < 1.29 is 38.8 Å². The third-order valence-corrected chi connectivity index (χ3v) is 10.8. The molecule has 4 aromatic heterocycles. The predicted molar refractivity (Wildman–Crippen MR) is 247 cm³/mol. The summed E-state index contributed by atoms with van der Waals surface area (Å²) >= 11 is 0. The van der Waals surface area contributed by atoms with Crippen LogP contribution in [0.3, 0.4) is 0 Å². The van der Waals surface area contributed by atoms with Crippen molar-refractivity contribution in [3.63, 3.8) is 0 Å². The van der Waals surface area contributed by atoms with Gasteiger partial charge in [-0.3, -0.25) is 9.78 Å². The molecule has 0 unspecified atom stereocenters. The number of para-hydroxylation sites is 5. The van der Waals surface area contributed by atoms with Gasteiger partial charge in [-0.15, -0.1) is 29.8 Å². The van der Waals surface area contributed by atoms with Crippen LogP contribution in [0, 0.1) is 16.9 Å². The minimum absolute atomic E-state index is 0. The molecule has 0 spiro atoms. The zero-order valence-corrected chi connectivity index (χ0v) is 37.7. The molecule has 0 aliphatic carbocycles. The first-order valence-corrected chi connectivity index (χ1v) is 20.4. The molecule has 0 amide bonds. The number of benzene rings is 6. The summed E-state index contributed by atoms with van der Waals surface area (Å²) in [5.41, 5.74) is 9.30. The number of hydrogen-bond donors (Lipinski definition) is 1. The van der Waals surface area contributed by atoms with Crippen molar-refractivity contribution in [2.75, 3.05) is 0 Å². The average Bonchev–Trinajstić information content (AvgIpc) is 3.84. The van der Waals surface area contributed by atoms with E-state index in [1.165, 1.54) is 6.08 Å². The van der Waals surface area contributed by atoms with E-state index in [0.29, 0.717) is 5.82 Å². The summed E-state index contributed by atoms with van der Waals surface area (Å²) in [6, 6.07) is 52.3. The number of carbonyl (C=O) groups is 1. The van der Waals surface area contributed by atoms with Crippen molar-refractivity contribution in [3.05, 3.63) is 163 Å². The van der Waals surface area contributed by atoms with E-state index in [4.69, 9.17) is 23.8 Å². The number of furan rings is 2. The summed E-state index contributed by atoms with van der Waals surface area (Å²) in [5.74, 6) is 0.687. The molecule has 0 bridgehead atoms. The third kappa shape index (κ3) is 8.19. The smallest absolute Gasteiger partial charge is 0.164 e. The topological polar surface area (TPSA) is 102 Å². The number of aliphatic hydroxyl groups excluding tert-OH is 1. The second kappa shape index (κ2) is 16.6. The molecule has 0 saturated carbocycles. The first-order valence-electron chi connectivity index (χ1n) is 20.4. The molecule has 10 rings (SSSR count). The quantitative estimate of drug-likeness (QED) is 0.104. The maximum atomic E-state index is 11.5. The van der Waals surface area contributed by atoms with E-state index >= 15 is 0 Å². The molecule has 0 aliphatic heterocycles. The van der Waals surface area contributed by atoms with Crippen LogP contribution in [0.1, 0.15) is 41.5 Å². The van der Waals surface area contributed by atoms with Crippen LogP contribution in [0.2, 0.25) is 0 Å². The normalized spacial score (nSPS) is 12.1. The van der Waals surface area contributed by atoms with Gasteiger partial charge in [-0.05, 0) is 47.5 Å². The number of hydrogen-bond acceptors (Lipinski definition) is 7. The van der Waals surface area contributed by atoms with Crippen molar-refractivity contribution in [3.8, 4) is 45.2 Å². The predicted octanol–water partition coefficient (Wildman–Crippen LogP) is 14.4. The Morgan fingerprint density at radius 2 is 1.13 bits per heavy atom. The molecule has 8 heteroatoms. The second-order valence-corrected chi connectivity index (χ2v) is 17.3. The summed E-state index contributed by atoms with van der Waals surface area (Å²) < 4.78 is 12.9. The Labute approximate surface area is 373 Å². The molecular weight excluding hydrogens is 947 g/mol. The van der Waals surface area contributed by atoms with E-state index in [9.17, 15) is 9.90 Å². The van der Waals surface area contributed by atoms with E-state index in [1.54, 1.807) is 0 Å². The Kier molecular flexibility index (Phi) is 11.3. The number of fused-ring (bicyclic) bond motifs is 7. The minimum Gasteiger partial charge on any atom is -0.512 e. The Morgan fingerprint density at radius 1 is 0.581 bits per heavy atom. The summed E-state index contributed by atoms with van der Waals surface area (Å²) in [6.07, 6.45) is 1.33. The van der Waals surface area contributed by atoms with Gasteiger partial charge in [0.25, 0.3) is 0 Å². The molecule has 1 N–H and O–H groups in total. The van der Waals surface area contributed by atoms with Crippen LogP contribution in [0.25, 0.3) is 99.9 Å². The fourth-order valence-electron chi connectivity index (χ4n) is 7.28. The van der Waals surface area contributed by atoms with Gasteiger partial charge in [0.05, 0.1) is 16.9 Å². The molecule has 0 atom stereocenters. The van der Waals surface area contributed by atoms with Gasteiger partial charge in [0.1, 0.15) is 33.9 Å². The van der Waals surface area contributed by atoms with Gasteiger partial charge in [0, 0.05) is 69.7 Å².